The molecule has 0 aliphatic carbocycles. The smallest absolute Gasteiger partial charge is 0.251 e. The molecular weight excluding hydrogens is 412 g/mol. The monoisotopic (exact) mass is 437 g/mol. The fourth-order valence-corrected chi connectivity index (χ4v) is 3.74. The number of rotatable bonds is 7. The number of hydrogen-bond donors (Lipinski definition) is 1. The maximum absolute atomic E-state index is 13.7. The average Bonchev–Trinajstić information content (AvgIpc) is 2.82. The van der Waals surface area contributed by atoms with Crippen molar-refractivity contribution in [2.45, 2.75) is 32.0 Å². The molecule has 1 N–H and O–H groups in total. The molecule has 2 heterocycles. The highest BCUT2D eigenvalue weighted by molar-refractivity contribution is 5.94. The van der Waals surface area contributed by atoms with E-state index in [2.05, 4.69) is 15.2 Å². The molecule has 3 aromatic rings. The number of halogens is 2. The SMILES string of the molecule is O=C(NCc1cc(F)ccc1F)c1ccc(OC2CCN(Cc3ccccn3)CC2)cc1. The molecule has 1 aliphatic heterocycles. The van der Waals surface area contributed by atoms with Gasteiger partial charge in [0.2, 0.25) is 0 Å². The third-order valence-corrected chi connectivity index (χ3v) is 5.51. The van der Waals surface area contributed by atoms with Crippen LogP contribution >= 0.6 is 0 Å². The van der Waals surface area contributed by atoms with E-state index in [1.807, 2.05) is 24.4 Å². The Bertz CT molecular complexity index is 1040. The molecule has 0 radical (unpaired) electrons. The first-order valence-electron chi connectivity index (χ1n) is 10.7. The molecule has 5 nitrogen and oxygen atoms in total. The van der Waals surface area contributed by atoms with Gasteiger partial charge in [-0.3, -0.25) is 14.7 Å². The summed E-state index contributed by atoms with van der Waals surface area (Å²) >= 11 is 0. The van der Waals surface area contributed by atoms with E-state index in [4.69, 9.17) is 4.74 Å². The van der Waals surface area contributed by atoms with Gasteiger partial charge in [-0.2, -0.15) is 0 Å². The molecule has 1 amide bonds. The van der Waals surface area contributed by atoms with Crippen LogP contribution in [0, 0.1) is 11.6 Å². The molecule has 0 spiro atoms. The second kappa shape index (κ2) is 10.3. The summed E-state index contributed by atoms with van der Waals surface area (Å²) in [7, 11) is 0. The van der Waals surface area contributed by atoms with Crippen LogP contribution in [-0.2, 0) is 13.1 Å². The normalized spacial score (nSPS) is 14.8. The fraction of sp³-hybridized carbons (Fsp3) is 0.280. The Balaban J connectivity index is 1.24. The zero-order chi connectivity index (χ0) is 22.3. The number of ether oxygens (including phenoxy) is 1. The number of pyridine rings is 1. The Morgan fingerprint density at radius 1 is 1.06 bits per heavy atom. The number of likely N-dealkylation sites (tertiary alicyclic amines) is 1. The number of nitrogens with zero attached hydrogens (tertiary/aromatic N) is 2. The Morgan fingerprint density at radius 2 is 1.84 bits per heavy atom. The van der Waals surface area contributed by atoms with Crippen LogP contribution in [0.1, 0.15) is 34.5 Å². The summed E-state index contributed by atoms with van der Waals surface area (Å²) in [4.78, 5) is 19.1. The highest BCUT2D eigenvalue weighted by Gasteiger charge is 2.21. The van der Waals surface area contributed by atoms with Crippen molar-refractivity contribution in [3.8, 4) is 5.75 Å². The molecule has 1 saturated heterocycles. The average molecular weight is 437 g/mol. The Hall–Kier alpha value is -3.32. The Kier molecular flexibility index (Phi) is 7.07. The van der Waals surface area contributed by atoms with Gasteiger partial charge in [0, 0.05) is 43.5 Å². The summed E-state index contributed by atoms with van der Waals surface area (Å²) < 4.78 is 33.0. The van der Waals surface area contributed by atoms with E-state index in [9.17, 15) is 13.6 Å². The molecule has 0 atom stereocenters. The lowest BCUT2D eigenvalue weighted by atomic mass is 10.1. The van der Waals surface area contributed by atoms with Crippen LogP contribution in [0.4, 0.5) is 8.78 Å². The first-order chi connectivity index (χ1) is 15.6. The largest absolute Gasteiger partial charge is 0.490 e. The predicted octanol–water partition coefficient (Wildman–Crippen LogP) is 4.33. The minimum Gasteiger partial charge on any atom is -0.490 e. The lowest BCUT2D eigenvalue weighted by Crippen LogP contribution is -2.37. The number of piperidine rings is 1. The highest BCUT2D eigenvalue weighted by Crippen LogP contribution is 2.20. The zero-order valence-electron chi connectivity index (χ0n) is 17.6. The number of hydrogen-bond acceptors (Lipinski definition) is 4. The van der Waals surface area contributed by atoms with Gasteiger partial charge >= 0.3 is 0 Å². The van der Waals surface area contributed by atoms with Crippen LogP contribution in [-0.4, -0.2) is 35.0 Å². The van der Waals surface area contributed by atoms with E-state index in [1.54, 1.807) is 24.3 Å². The summed E-state index contributed by atoms with van der Waals surface area (Å²) in [5.74, 6) is -0.745. The lowest BCUT2D eigenvalue weighted by molar-refractivity contribution is 0.0947. The predicted molar refractivity (Wildman–Crippen MR) is 117 cm³/mol. The van der Waals surface area contributed by atoms with Crippen molar-refractivity contribution in [3.63, 3.8) is 0 Å². The fourth-order valence-electron chi connectivity index (χ4n) is 3.74. The van der Waals surface area contributed by atoms with E-state index < -0.39 is 11.6 Å². The van der Waals surface area contributed by atoms with Crippen molar-refractivity contribution in [1.29, 1.82) is 0 Å². The third kappa shape index (κ3) is 5.88. The molecule has 0 unspecified atom stereocenters. The standard InChI is InChI=1S/C25H25F2N3O2/c26-20-6-9-24(27)19(15-20)16-29-25(31)18-4-7-22(8-5-18)32-23-10-13-30(14-11-23)17-21-3-1-2-12-28-21/h1-9,12,15,23H,10-11,13-14,16-17H2,(H,29,31). The second-order valence-electron chi connectivity index (χ2n) is 7.86. The van der Waals surface area contributed by atoms with Crippen molar-refractivity contribution >= 4 is 5.91 Å². The summed E-state index contributed by atoms with van der Waals surface area (Å²) in [6.45, 7) is 2.64. The molecule has 32 heavy (non-hydrogen) atoms. The zero-order valence-corrected chi connectivity index (χ0v) is 17.6. The van der Waals surface area contributed by atoms with E-state index in [0.29, 0.717) is 11.3 Å². The third-order valence-electron chi connectivity index (χ3n) is 5.51. The number of carbonyl (C=O) groups is 1. The highest BCUT2D eigenvalue weighted by atomic mass is 19.1. The Morgan fingerprint density at radius 3 is 2.56 bits per heavy atom. The van der Waals surface area contributed by atoms with Crippen molar-refractivity contribution in [2.24, 2.45) is 0 Å². The molecule has 2 aromatic carbocycles. The summed E-state index contributed by atoms with van der Waals surface area (Å²) in [6, 6.07) is 16.0. The van der Waals surface area contributed by atoms with Gasteiger partial charge in [0.25, 0.3) is 5.91 Å². The van der Waals surface area contributed by atoms with Gasteiger partial charge in [0.1, 0.15) is 23.5 Å². The minimum atomic E-state index is -0.554. The molecule has 1 fully saturated rings. The molecule has 0 bridgehead atoms. The first kappa shape index (κ1) is 21.9. The maximum Gasteiger partial charge on any atom is 0.251 e. The van der Waals surface area contributed by atoms with E-state index in [0.717, 1.165) is 56.4 Å². The van der Waals surface area contributed by atoms with Crippen LogP contribution in [0.5, 0.6) is 5.75 Å². The van der Waals surface area contributed by atoms with Crippen LogP contribution in [0.25, 0.3) is 0 Å². The van der Waals surface area contributed by atoms with Gasteiger partial charge < -0.3 is 10.1 Å². The van der Waals surface area contributed by atoms with E-state index in [1.165, 1.54) is 0 Å². The quantitative estimate of drug-likeness (QED) is 0.598. The van der Waals surface area contributed by atoms with Gasteiger partial charge in [-0.15, -0.1) is 0 Å². The molecule has 4 rings (SSSR count). The van der Waals surface area contributed by atoms with Crippen molar-refractivity contribution in [3.05, 3.63) is 95.3 Å². The molecule has 166 valence electrons. The number of aromatic nitrogens is 1. The van der Waals surface area contributed by atoms with Crippen LogP contribution in [0.2, 0.25) is 0 Å². The maximum atomic E-state index is 13.7. The van der Waals surface area contributed by atoms with Crippen LogP contribution < -0.4 is 10.1 Å². The molecule has 0 saturated carbocycles. The topological polar surface area (TPSA) is 54.5 Å². The van der Waals surface area contributed by atoms with E-state index in [-0.39, 0.29) is 24.1 Å². The van der Waals surface area contributed by atoms with Gasteiger partial charge in [-0.05, 0) is 67.4 Å². The van der Waals surface area contributed by atoms with Gasteiger partial charge in [0.05, 0.1) is 5.69 Å². The summed E-state index contributed by atoms with van der Waals surface area (Å²) in [5.41, 5.74) is 1.60. The molecule has 1 aliphatic rings. The summed E-state index contributed by atoms with van der Waals surface area (Å²) in [6.07, 6.45) is 3.79. The van der Waals surface area contributed by atoms with E-state index >= 15 is 0 Å². The van der Waals surface area contributed by atoms with Crippen molar-refractivity contribution in [2.75, 3.05) is 13.1 Å². The molecule has 1 aromatic heterocycles. The van der Waals surface area contributed by atoms with Crippen LogP contribution in [0.15, 0.2) is 66.9 Å². The summed E-state index contributed by atoms with van der Waals surface area (Å²) in [5, 5.41) is 2.61. The number of benzene rings is 2. The number of nitrogens with one attached hydrogen (secondary N) is 1. The number of amides is 1. The van der Waals surface area contributed by atoms with Crippen molar-refractivity contribution in [1.82, 2.24) is 15.2 Å². The van der Waals surface area contributed by atoms with Gasteiger partial charge in [0.15, 0.2) is 0 Å². The second-order valence-corrected chi connectivity index (χ2v) is 7.86. The van der Waals surface area contributed by atoms with Crippen molar-refractivity contribution < 1.29 is 18.3 Å². The molecule has 7 heteroatoms. The first-order valence-corrected chi connectivity index (χ1v) is 10.7. The number of carbonyl (C=O) groups excluding carboxylic acids is 1. The minimum absolute atomic E-state index is 0.0856. The molecular formula is C25H25F2N3O2. The Labute approximate surface area is 186 Å². The van der Waals surface area contributed by atoms with Gasteiger partial charge in [-0.25, -0.2) is 8.78 Å². The lowest BCUT2D eigenvalue weighted by Gasteiger charge is -2.31. The van der Waals surface area contributed by atoms with Crippen LogP contribution in [0.3, 0.4) is 0 Å². The van der Waals surface area contributed by atoms with Gasteiger partial charge in [-0.1, -0.05) is 6.07 Å².